The predicted molar refractivity (Wildman–Crippen MR) is 166 cm³/mol. The van der Waals surface area contributed by atoms with E-state index in [2.05, 4.69) is 29.7 Å². The van der Waals surface area contributed by atoms with Gasteiger partial charge in [0.05, 0.1) is 6.61 Å². The lowest BCUT2D eigenvalue weighted by Gasteiger charge is -2.44. The van der Waals surface area contributed by atoms with Crippen LogP contribution in [0.1, 0.15) is 131 Å². The summed E-state index contributed by atoms with van der Waals surface area (Å²) in [5.74, 6) is -0.436. The fourth-order valence-electron chi connectivity index (χ4n) is 4.57. The van der Waals surface area contributed by atoms with Crippen LogP contribution < -0.4 is 10.6 Å². The molecule has 40 heavy (non-hydrogen) atoms. The average Bonchev–Trinajstić information content (AvgIpc) is 2.90. The van der Waals surface area contributed by atoms with Gasteiger partial charge in [-0.15, -0.1) is 0 Å². The van der Waals surface area contributed by atoms with Crippen molar-refractivity contribution in [2.24, 2.45) is 5.41 Å². The maximum atomic E-state index is 12.6. The largest absolute Gasteiger partial charge is 0.355 e. The summed E-state index contributed by atoms with van der Waals surface area (Å²) in [6.07, 6.45) is 21.0. The Bertz CT molecular complexity index is 754. The van der Waals surface area contributed by atoms with Crippen molar-refractivity contribution >= 4 is 28.7 Å². The quantitative estimate of drug-likeness (QED) is 0.105. The van der Waals surface area contributed by atoms with Crippen molar-refractivity contribution in [1.82, 2.24) is 10.6 Å². The molecule has 1 fully saturated rings. The van der Waals surface area contributed by atoms with Crippen molar-refractivity contribution in [2.75, 3.05) is 25.4 Å². The molecule has 8 heteroatoms. The first-order valence-corrected chi connectivity index (χ1v) is 16.7. The van der Waals surface area contributed by atoms with Crippen LogP contribution in [0, 0.1) is 5.41 Å². The zero-order valence-electron chi connectivity index (χ0n) is 26.1. The number of amides is 2. The van der Waals surface area contributed by atoms with Crippen LogP contribution in [0.5, 0.6) is 0 Å². The van der Waals surface area contributed by atoms with E-state index in [0.29, 0.717) is 25.3 Å². The molecular weight excluding hydrogens is 524 g/mol. The first-order valence-electron chi connectivity index (χ1n) is 15.7. The van der Waals surface area contributed by atoms with Crippen LogP contribution in [0.3, 0.4) is 0 Å². The molecule has 1 aliphatic heterocycles. The average molecular weight is 583 g/mol. The summed E-state index contributed by atoms with van der Waals surface area (Å²) in [6.45, 7) is 10.9. The van der Waals surface area contributed by atoms with E-state index < -0.39 is 17.3 Å². The lowest BCUT2D eigenvalue weighted by molar-refractivity contribution is -0.304. The number of carbonyl (C=O) groups excluding carboxylic acids is 3. The van der Waals surface area contributed by atoms with Crippen molar-refractivity contribution in [3.05, 3.63) is 12.2 Å². The van der Waals surface area contributed by atoms with Crippen LogP contribution in [-0.2, 0) is 23.9 Å². The number of unbranched alkanes of at least 4 members (excludes halogenated alkanes) is 11. The minimum Gasteiger partial charge on any atom is -0.355 e. The third kappa shape index (κ3) is 18.1. The topological polar surface area (TPSA) is 93.7 Å². The molecule has 0 saturated carbocycles. The van der Waals surface area contributed by atoms with Crippen LogP contribution in [0.15, 0.2) is 12.2 Å². The molecule has 1 saturated heterocycles. The fourth-order valence-corrected chi connectivity index (χ4v) is 5.25. The van der Waals surface area contributed by atoms with Gasteiger partial charge in [0, 0.05) is 37.1 Å². The number of hydrogen-bond acceptors (Lipinski definition) is 6. The summed E-state index contributed by atoms with van der Waals surface area (Å²) in [5.41, 5.74) is -0.444. The lowest BCUT2D eigenvalue weighted by Crippen LogP contribution is -2.56. The fraction of sp³-hybridized carbons (Fsp3) is 0.844. The molecule has 0 radical (unpaired) electrons. The summed E-state index contributed by atoms with van der Waals surface area (Å²) in [5, 5.41) is 5.72. The Labute approximate surface area is 248 Å². The second kappa shape index (κ2) is 21.3. The van der Waals surface area contributed by atoms with E-state index in [0.717, 1.165) is 12.8 Å². The summed E-state index contributed by atoms with van der Waals surface area (Å²) in [4.78, 5) is 36.8. The van der Waals surface area contributed by atoms with Crippen molar-refractivity contribution in [3.63, 3.8) is 0 Å². The number of nitrogens with one attached hydrogen (secondary N) is 2. The van der Waals surface area contributed by atoms with Gasteiger partial charge < -0.3 is 20.1 Å². The second-order valence-corrected chi connectivity index (χ2v) is 13.3. The maximum absolute atomic E-state index is 12.6. The molecule has 7 nitrogen and oxygen atoms in total. The molecule has 0 aromatic carbocycles. The van der Waals surface area contributed by atoms with Gasteiger partial charge in [0.15, 0.2) is 10.9 Å². The Morgan fingerprint density at radius 1 is 0.800 bits per heavy atom. The summed E-state index contributed by atoms with van der Waals surface area (Å²) >= 11 is 1.19. The Kier molecular flexibility index (Phi) is 19.6. The highest BCUT2D eigenvalue weighted by Gasteiger charge is 2.45. The van der Waals surface area contributed by atoms with Gasteiger partial charge >= 0.3 is 0 Å². The third-order valence-corrected chi connectivity index (χ3v) is 8.06. The maximum Gasteiger partial charge on any atom is 0.249 e. The van der Waals surface area contributed by atoms with Crippen molar-refractivity contribution < 1.29 is 23.9 Å². The highest BCUT2D eigenvalue weighted by molar-refractivity contribution is 8.13. The Morgan fingerprint density at radius 3 is 2.05 bits per heavy atom. The molecule has 2 N–H and O–H groups in total. The number of allylic oxidation sites excluding steroid dienone is 2. The van der Waals surface area contributed by atoms with Gasteiger partial charge in [0.1, 0.15) is 6.10 Å². The van der Waals surface area contributed by atoms with Crippen LogP contribution in [0.4, 0.5) is 0 Å². The van der Waals surface area contributed by atoms with Gasteiger partial charge in [-0.05, 0) is 46.0 Å². The molecule has 1 aliphatic rings. The standard InChI is InChI=1S/C32H58N2O5S/c1-6-7-8-9-10-11-12-13-14-15-16-17-18-19-20-21-27(35)33-24-25-40-28(36)22-23-34-30(37)29-31(2,3)26-38-32(4,5)39-29/h13-14,29H,6-12,15-26H2,1-5H3,(H,33,35)(H,34,37). The van der Waals surface area contributed by atoms with Crippen molar-refractivity contribution in [3.8, 4) is 0 Å². The first kappa shape index (κ1) is 36.6. The molecular formula is C32H58N2O5S. The van der Waals surface area contributed by atoms with Crippen LogP contribution in [-0.4, -0.2) is 54.3 Å². The van der Waals surface area contributed by atoms with E-state index in [1.165, 1.54) is 82.4 Å². The van der Waals surface area contributed by atoms with Crippen LogP contribution >= 0.6 is 11.8 Å². The zero-order valence-corrected chi connectivity index (χ0v) is 26.9. The summed E-state index contributed by atoms with van der Waals surface area (Å²) < 4.78 is 11.5. The van der Waals surface area contributed by atoms with Gasteiger partial charge in [0.25, 0.3) is 0 Å². The number of ether oxygens (including phenoxy) is 2. The molecule has 0 aromatic rings. The van der Waals surface area contributed by atoms with Gasteiger partial charge in [-0.1, -0.05) is 96.1 Å². The molecule has 1 heterocycles. The smallest absolute Gasteiger partial charge is 0.249 e. The monoisotopic (exact) mass is 582 g/mol. The minimum absolute atomic E-state index is 0.000659. The van der Waals surface area contributed by atoms with Gasteiger partial charge in [-0.2, -0.15) is 0 Å². The Balaban J connectivity index is 1.95. The second-order valence-electron chi connectivity index (χ2n) is 12.1. The highest BCUT2D eigenvalue weighted by Crippen LogP contribution is 2.34. The van der Waals surface area contributed by atoms with Gasteiger partial charge in [-0.25, -0.2) is 0 Å². The number of hydrogen-bond donors (Lipinski definition) is 2. The number of rotatable bonds is 22. The molecule has 0 aromatic heterocycles. The van der Waals surface area contributed by atoms with E-state index >= 15 is 0 Å². The number of thioether (sulfide) groups is 1. The van der Waals surface area contributed by atoms with E-state index in [1.807, 2.05) is 13.8 Å². The van der Waals surface area contributed by atoms with E-state index in [1.54, 1.807) is 13.8 Å². The van der Waals surface area contributed by atoms with E-state index in [4.69, 9.17) is 9.47 Å². The Morgan fingerprint density at radius 2 is 1.40 bits per heavy atom. The van der Waals surface area contributed by atoms with Gasteiger partial charge in [-0.3, -0.25) is 14.4 Å². The summed E-state index contributed by atoms with van der Waals surface area (Å²) in [6, 6.07) is 0. The highest BCUT2D eigenvalue weighted by atomic mass is 32.2. The van der Waals surface area contributed by atoms with E-state index in [-0.39, 0.29) is 29.9 Å². The first-order chi connectivity index (χ1) is 19.1. The molecule has 1 rings (SSSR count). The van der Waals surface area contributed by atoms with Gasteiger partial charge in [0.2, 0.25) is 11.8 Å². The van der Waals surface area contributed by atoms with Crippen molar-refractivity contribution in [2.45, 2.75) is 143 Å². The summed E-state index contributed by atoms with van der Waals surface area (Å²) in [7, 11) is 0. The predicted octanol–water partition coefficient (Wildman–Crippen LogP) is 7.08. The normalized spacial score (nSPS) is 18.1. The third-order valence-electron chi connectivity index (χ3n) is 7.12. The molecule has 232 valence electrons. The van der Waals surface area contributed by atoms with Crippen molar-refractivity contribution in [1.29, 1.82) is 0 Å². The minimum atomic E-state index is -0.808. The number of carbonyl (C=O) groups is 3. The van der Waals surface area contributed by atoms with Crippen LogP contribution in [0.2, 0.25) is 0 Å². The molecule has 0 aliphatic carbocycles. The molecule has 2 amide bonds. The molecule has 1 unspecified atom stereocenters. The zero-order chi connectivity index (χ0) is 29.7. The molecule has 0 spiro atoms. The lowest BCUT2D eigenvalue weighted by atomic mass is 9.85. The van der Waals surface area contributed by atoms with E-state index in [9.17, 15) is 14.4 Å². The molecule has 0 bridgehead atoms. The SMILES string of the molecule is CCCCCCCCC=CCCCCCCCC(=O)NCCSC(=O)CCNC(=O)C1OC(C)(C)OCC1(C)C. The van der Waals surface area contributed by atoms with Crippen LogP contribution in [0.25, 0.3) is 0 Å². The Hall–Kier alpha value is -1.38. The molecule has 1 atom stereocenters.